The minimum atomic E-state index is -0.683. The summed E-state index contributed by atoms with van der Waals surface area (Å²) in [7, 11) is 0. The standard InChI is InChI=1S/C14H17N3O3/c18-14(9-3-2-6-15-7-9)10-8-16-11-4-1-5-12(13(10)11)17(19)20/h1,4-5,8-9,14-16,18H,2-3,6-7H2. The Morgan fingerprint density at radius 1 is 1.45 bits per heavy atom. The first-order chi connectivity index (χ1) is 9.68. The Kier molecular flexibility index (Phi) is 3.42. The number of nitrogens with one attached hydrogen (secondary N) is 2. The zero-order valence-electron chi connectivity index (χ0n) is 11.0. The fraction of sp³-hybridized carbons (Fsp3) is 0.429. The lowest BCUT2D eigenvalue weighted by molar-refractivity contribution is -0.383. The van der Waals surface area contributed by atoms with Gasteiger partial charge in [0.25, 0.3) is 5.69 Å². The van der Waals surface area contributed by atoms with Gasteiger partial charge in [0.2, 0.25) is 0 Å². The van der Waals surface area contributed by atoms with Gasteiger partial charge in [-0.15, -0.1) is 0 Å². The fourth-order valence-electron chi connectivity index (χ4n) is 2.98. The van der Waals surface area contributed by atoms with Crippen molar-refractivity contribution >= 4 is 16.6 Å². The molecule has 1 aromatic heterocycles. The smallest absolute Gasteiger partial charge is 0.279 e. The number of hydrogen-bond acceptors (Lipinski definition) is 4. The van der Waals surface area contributed by atoms with E-state index in [1.54, 1.807) is 18.3 Å². The van der Waals surface area contributed by atoms with Crippen LogP contribution in [-0.2, 0) is 0 Å². The number of rotatable bonds is 3. The molecule has 1 aliphatic heterocycles. The van der Waals surface area contributed by atoms with Crippen molar-refractivity contribution in [1.82, 2.24) is 10.3 Å². The van der Waals surface area contributed by atoms with E-state index in [1.165, 1.54) is 6.07 Å². The second-order valence-corrected chi connectivity index (χ2v) is 5.25. The topological polar surface area (TPSA) is 91.2 Å². The van der Waals surface area contributed by atoms with Crippen molar-refractivity contribution in [3.63, 3.8) is 0 Å². The van der Waals surface area contributed by atoms with E-state index in [0.717, 1.165) is 25.9 Å². The van der Waals surface area contributed by atoms with Crippen LogP contribution >= 0.6 is 0 Å². The fourth-order valence-corrected chi connectivity index (χ4v) is 2.98. The molecule has 1 fully saturated rings. The number of nitrogens with zero attached hydrogens (tertiary/aromatic N) is 1. The minimum absolute atomic E-state index is 0.0431. The normalized spacial score (nSPS) is 20.9. The summed E-state index contributed by atoms with van der Waals surface area (Å²) in [5, 5.41) is 25.5. The predicted molar refractivity (Wildman–Crippen MR) is 75.5 cm³/mol. The van der Waals surface area contributed by atoms with Crippen molar-refractivity contribution in [3.05, 3.63) is 40.1 Å². The quantitative estimate of drug-likeness (QED) is 0.591. The van der Waals surface area contributed by atoms with Gasteiger partial charge in [-0.3, -0.25) is 10.1 Å². The largest absolute Gasteiger partial charge is 0.388 e. The number of piperidine rings is 1. The second kappa shape index (κ2) is 5.22. The molecular formula is C14H17N3O3. The van der Waals surface area contributed by atoms with Gasteiger partial charge in [-0.05, 0) is 25.5 Å². The minimum Gasteiger partial charge on any atom is -0.388 e. The molecule has 2 heterocycles. The van der Waals surface area contributed by atoms with E-state index in [0.29, 0.717) is 16.5 Å². The van der Waals surface area contributed by atoms with Gasteiger partial charge in [-0.1, -0.05) is 6.07 Å². The summed E-state index contributed by atoms with van der Waals surface area (Å²) in [4.78, 5) is 13.8. The van der Waals surface area contributed by atoms with Gasteiger partial charge >= 0.3 is 0 Å². The van der Waals surface area contributed by atoms with Gasteiger partial charge in [0.05, 0.1) is 21.9 Å². The first kappa shape index (κ1) is 13.1. The molecule has 0 aliphatic carbocycles. The lowest BCUT2D eigenvalue weighted by atomic mass is 9.89. The highest BCUT2D eigenvalue weighted by Crippen LogP contribution is 2.36. The second-order valence-electron chi connectivity index (χ2n) is 5.25. The molecule has 3 N–H and O–H groups in total. The first-order valence-corrected chi connectivity index (χ1v) is 6.81. The third kappa shape index (κ3) is 2.17. The molecule has 6 nitrogen and oxygen atoms in total. The van der Waals surface area contributed by atoms with Crippen molar-refractivity contribution < 1.29 is 10.0 Å². The third-order valence-corrected chi connectivity index (χ3v) is 4.01. The number of non-ortho nitro benzene ring substituents is 1. The van der Waals surface area contributed by atoms with Crippen LogP contribution in [0.15, 0.2) is 24.4 Å². The molecule has 2 atom stereocenters. The Morgan fingerprint density at radius 3 is 3.00 bits per heavy atom. The average Bonchev–Trinajstić information content (AvgIpc) is 2.91. The van der Waals surface area contributed by atoms with Crippen molar-refractivity contribution in [2.45, 2.75) is 18.9 Å². The Hall–Kier alpha value is -1.92. The van der Waals surface area contributed by atoms with Gasteiger partial charge < -0.3 is 15.4 Å². The molecular weight excluding hydrogens is 258 g/mol. The van der Waals surface area contributed by atoms with Crippen LogP contribution < -0.4 is 5.32 Å². The highest BCUT2D eigenvalue weighted by Gasteiger charge is 2.27. The number of fused-ring (bicyclic) bond motifs is 1. The van der Waals surface area contributed by atoms with E-state index in [-0.39, 0.29) is 11.6 Å². The van der Waals surface area contributed by atoms with Gasteiger partial charge in [0.15, 0.2) is 0 Å². The maximum absolute atomic E-state index is 11.2. The number of aromatic nitrogens is 1. The highest BCUT2D eigenvalue weighted by molar-refractivity contribution is 5.92. The predicted octanol–water partition coefficient (Wildman–Crippen LogP) is 2.11. The van der Waals surface area contributed by atoms with Crippen LogP contribution in [0.3, 0.4) is 0 Å². The van der Waals surface area contributed by atoms with E-state index in [1.807, 2.05) is 0 Å². The third-order valence-electron chi connectivity index (χ3n) is 4.01. The lowest BCUT2D eigenvalue weighted by Crippen LogP contribution is -2.33. The summed E-state index contributed by atoms with van der Waals surface area (Å²) >= 11 is 0. The van der Waals surface area contributed by atoms with Crippen molar-refractivity contribution in [3.8, 4) is 0 Å². The summed E-state index contributed by atoms with van der Waals surface area (Å²) in [6.45, 7) is 1.71. The molecule has 2 aromatic rings. The van der Waals surface area contributed by atoms with Gasteiger partial charge in [0.1, 0.15) is 0 Å². The molecule has 0 radical (unpaired) electrons. The number of H-pyrrole nitrogens is 1. The van der Waals surface area contributed by atoms with E-state index in [4.69, 9.17) is 0 Å². The molecule has 2 unspecified atom stereocenters. The molecule has 6 heteroatoms. The number of nitro groups is 1. The molecule has 106 valence electrons. The first-order valence-electron chi connectivity index (χ1n) is 6.81. The van der Waals surface area contributed by atoms with Crippen molar-refractivity contribution in [1.29, 1.82) is 0 Å². The highest BCUT2D eigenvalue weighted by atomic mass is 16.6. The molecule has 1 saturated heterocycles. The average molecular weight is 275 g/mol. The van der Waals surface area contributed by atoms with Crippen molar-refractivity contribution in [2.75, 3.05) is 13.1 Å². The Morgan fingerprint density at radius 2 is 2.30 bits per heavy atom. The Bertz CT molecular complexity index is 632. The Balaban J connectivity index is 2.04. The van der Waals surface area contributed by atoms with Crippen molar-refractivity contribution in [2.24, 2.45) is 5.92 Å². The number of aliphatic hydroxyl groups excluding tert-OH is 1. The molecule has 0 saturated carbocycles. The van der Waals surface area contributed by atoms with Crippen LogP contribution in [-0.4, -0.2) is 28.1 Å². The zero-order chi connectivity index (χ0) is 14.1. The van der Waals surface area contributed by atoms with E-state index in [9.17, 15) is 15.2 Å². The number of aromatic amines is 1. The van der Waals surface area contributed by atoms with Gasteiger partial charge in [0, 0.05) is 30.3 Å². The molecule has 1 aromatic carbocycles. The summed E-state index contributed by atoms with van der Waals surface area (Å²) in [6, 6.07) is 4.92. The summed E-state index contributed by atoms with van der Waals surface area (Å²) in [5.41, 5.74) is 1.36. The van der Waals surface area contributed by atoms with E-state index >= 15 is 0 Å². The van der Waals surface area contributed by atoms with Crippen LogP contribution in [0.1, 0.15) is 24.5 Å². The van der Waals surface area contributed by atoms with Crippen LogP contribution in [0.4, 0.5) is 5.69 Å². The van der Waals surface area contributed by atoms with E-state index in [2.05, 4.69) is 10.3 Å². The number of benzene rings is 1. The van der Waals surface area contributed by atoms with Gasteiger partial charge in [-0.2, -0.15) is 0 Å². The summed E-state index contributed by atoms with van der Waals surface area (Å²) in [5.74, 6) is 0.0996. The van der Waals surface area contributed by atoms with Gasteiger partial charge in [-0.25, -0.2) is 0 Å². The number of aliphatic hydroxyl groups is 1. The molecule has 1 aliphatic rings. The maximum atomic E-state index is 11.2. The molecule has 0 bridgehead atoms. The maximum Gasteiger partial charge on any atom is 0.279 e. The SMILES string of the molecule is O=[N+]([O-])c1cccc2[nH]cc(C(O)C3CCCNC3)c12. The Labute approximate surface area is 116 Å². The van der Waals surface area contributed by atoms with Crippen LogP contribution in [0.5, 0.6) is 0 Å². The molecule has 3 rings (SSSR count). The number of nitro benzene ring substituents is 1. The lowest BCUT2D eigenvalue weighted by Gasteiger charge is -2.27. The monoisotopic (exact) mass is 275 g/mol. The van der Waals surface area contributed by atoms with E-state index < -0.39 is 11.0 Å². The summed E-state index contributed by atoms with van der Waals surface area (Å²) < 4.78 is 0. The van der Waals surface area contributed by atoms with Crippen LogP contribution in [0.25, 0.3) is 10.9 Å². The van der Waals surface area contributed by atoms with Crippen LogP contribution in [0, 0.1) is 16.0 Å². The molecule has 0 spiro atoms. The number of hydrogen-bond donors (Lipinski definition) is 3. The van der Waals surface area contributed by atoms with Crippen LogP contribution in [0.2, 0.25) is 0 Å². The molecule has 20 heavy (non-hydrogen) atoms. The zero-order valence-corrected chi connectivity index (χ0v) is 11.0. The summed E-state index contributed by atoms with van der Waals surface area (Å²) in [6.07, 6.45) is 2.96. The molecule has 0 amide bonds.